The first-order valence-electron chi connectivity index (χ1n) is 6.79. The Labute approximate surface area is 123 Å². The van der Waals surface area contributed by atoms with Crippen molar-refractivity contribution in [3.63, 3.8) is 0 Å². The third kappa shape index (κ3) is 3.07. The van der Waals surface area contributed by atoms with Gasteiger partial charge < -0.3 is 14.8 Å². The van der Waals surface area contributed by atoms with Gasteiger partial charge in [-0.3, -0.25) is 0 Å². The quantitative estimate of drug-likeness (QED) is 0.718. The number of benzene rings is 3. The van der Waals surface area contributed by atoms with Crippen LogP contribution in [0.4, 0.5) is 0 Å². The van der Waals surface area contributed by atoms with Gasteiger partial charge in [-0.1, -0.05) is 54.6 Å². The van der Waals surface area contributed by atoms with Gasteiger partial charge >= 0.3 is 7.12 Å². The van der Waals surface area contributed by atoms with E-state index in [-0.39, 0.29) is 0 Å². The van der Waals surface area contributed by atoms with Crippen LogP contribution < -0.4 is 10.2 Å². The lowest BCUT2D eigenvalue weighted by molar-refractivity contribution is 0.306. The smallest absolute Gasteiger partial charge is 0.489 e. The molecule has 0 fully saturated rings. The molecule has 2 N–H and O–H groups in total. The maximum atomic E-state index is 9.37. The highest BCUT2D eigenvalue weighted by Gasteiger charge is 2.14. The second-order valence-corrected chi connectivity index (χ2v) is 4.88. The van der Waals surface area contributed by atoms with Crippen molar-refractivity contribution in [1.29, 1.82) is 0 Å². The molecule has 0 saturated heterocycles. The molecule has 0 atom stereocenters. The maximum Gasteiger partial charge on any atom is 0.489 e. The van der Waals surface area contributed by atoms with E-state index in [2.05, 4.69) is 0 Å². The Morgan fingerprint density at radius 3 is 2.43 bits per heavy atom. The van der Waals surface area contributed by atoms with E-state index in [9.17, 15) is 10.0 Å². The monoisotopic (exact) mass is 278 g/mol. The van der Waals surface area contributed by atoms with Crippen molar-refractivity contribution in [2.45, 2.75) is 6.61 Å². The van der Waals surface area contributed by atoms with E-state index < -0.39 is 7.12 Å². The maximum absolute atomic E-state index is 9.37. The molecule has 3 aromatic rings. The Kier molecular flexibility index (Phi) is 3.91. The average molecular weight is 278 g/mol. The van der Waals surface area contributed by atoms with Gasteiger partial charge in [0, 0.05) is 0 Å². The zero-order valence-electron chi connectivity index (χ0n) is 11.4. The lowest BCUT2D eigenvalue weighted by Crippen LogP contribution is -2.30. The largest absolute Gasteiger partial charge is 0.489 e. The summed E-state index contributed by atoms with van der Waals surface area (Å²) in [4.78, 5) is 0. The van der Waals surface area contributed by atoms with Crippen LogP contribution in [-0.4, -0.2) is 17.2 Å². The van der Waals surface area contributed by atoms with Crippen molar-refractivity contribution >= 4 is 23.4 Å². The van der Waals surface area contributed by atoms with Crippen LogP contribution in [0.3, 0.4) is 0 Å². The predicted molar refractivity (Wildman–Crippen MR) is 84.5 cm³/mol. The fraction of sp³-hybridized carbons (Fsp3) is 0.0588. The molecule has 3 aromatic carbocycles. The molecule has 0 radical (unpaired) electrons. The van der Waals surface area contributed by atoms with Gasteiger partial charge in [0.05, 0.1) is 0 Å². The highest BCUT2D eigenvalue weighted by Crippen LogP contribution is 2.20. The second kappa shape index (κ2) is 6.00. The molecule has 21 heavy (non-hydrogen) atoms. The normalized spacial score (nSPS) is 10.6. The standard InChI is InChI=1S/C17H15BO3/c19-18(20)17-8-4-7-14-11-15(9-10-16(14)17)21-12-13-5-2-1-3-6-13/h1-11,19-20H,12H2. The third-order valence-corrected chi connectivity index (χ3v) is 3.41. The lowest BCUT2D eigenvalue weighted by Gasteiger charge is -2.09. The zero-order valence-corrected chi connectivity index (χ0v) is 11.4. The van der Waals surface area contributed by atoms with Gasteiger partial charge in [-0.15, -0.1) is 0 Å². The molecule has 4 heteroatoms. The van der Waals surface area contributed by atoms with Crippen LogP contribution in [0.25, 0.3) is 10.8 Å². The van der Waals surface area contributed by atoms with E-state index in [1.807, 2.05) is 54.6 Å². The lowest BCUT2D eigenvalue weighted by atomic mass is 9.77. The molecule has 0 amide bonds. The van der Waals surface area contributed by atoms with Crippen LogP contribution in [0.15, 0.2) is 66.7 Å². The number of ether oxygens (including phenoxy) is 1. The van der Waals surface area contributed by atoms with Gasteiger partial charge in [0.15, 0.2) is 0 Å². The summed E-state index contributed by atoms with van der Waals surface area (Å²) < 4.78 is 5.78. The molecule has 0 spiro atoms. The molecule has 0 saturated carbocycles. The van der Waals surface area contributed by atoms with E-state index >= 15 is 0 Å². The minimum atomic E-state index is -1.47. The number of hydrogen-bond donors (Lipinski definition) is 2. The van der Waals surface area contributed by atoms with E-state index in [0.717, 1.165) is 22.1 Å². The Hall–Kier alpha value is -2.30. The van der Waals surface area contributed by atoms with Crippen LogP contribution in [0.1, 0.15) is 5.56 Å². The van der Waals surface area contributed by atoms with Crippen LogP contribution in [0, 0.1) is 0 Å². The summed E-state index contributed by atoms with van der Waals surface area (Å²) in [7, 11) is -1.47. The fourth-order valence-electron chi connectivity index (χ4n) is 2.34. The third-order valence-electron chi connectivity index (χ3n) is 3.41. The molecular formula is C17H15BO3. The van der Waals surface area contributed by atoms with Gasteiger partial charge in [0.25, 0.3) is 0 Å². The number of rotatable bonds is 4. The molecule has 0 heterocycles. The van der Waals surface area contributed by atoms with Crippen LogP contribution in [0.2, 0.25) is 0 Å². The number of hydrogen-bond acceptors (Lipinski definition) is 3. The molecule has 0 aliphatic heterocycles. The minimum absolute atomic E-state index is 0.502. The molecule has 0 aromatic heterocycles. The van der Waals surface area contributed by atoms with Crippen LogP contribution in [-0.2, 0) is 6.61 Å². The summed E-state index contributed by atoms with van der Waals surface area (Å²) in [6.45, 7) is 0.509. The Balaban J connectivity index is 1.85. The first kappa shape index (κ1) is 13.7. The van der Waals surface area contributed by atoms with Gasteiger partial charge in [-0.25, -0.2) is 0 Å². The molecule has 104 valence electrons. The highest BCUT2D eigenvalue weighted by molar-refractivity contribution is 6.61. The molecule has 0 aliphatic rings. The van der Waals surface area contributed by atoms with Crippen molar-refractivity contribution < 1.29 is 14.8 Å². The highest BCUT2D eigenvalue weighted by atomic mass is 16.5. The Morgan fingerprint density at radius 2 is 1.67 bits per heavy atom. The van der Waals surface area contributed by atoms with Crippen molar-refractivity contribution in [1.82, 2.24) is 0 Å². The predicted octanol–water partition coefficient (Wildman–Crippen LogP) is 2.10. The van der Waals surface area contributed by atoms with Gasteiger partial charge in [-0.2, -0.15) is 0 Å². The minimum Gasteiger partial charge on any atom is -0.489 e. The Morgan fingerprint density at radius 1 is 0.857 bits per heavy atom. The molecule has 0 unspecified atom stereocenters. The first-order chi connectivity index (χ1) is 10.2. The second-order valence-electron chi connectivity index (χ2n) is 4.88. The molecule has 3 nitrogen and oxygen atoms in total. The van der Waals surface area contributed by atoms with E-state index in [1.54, 1.807) is 12.1 Å². The van der Waals surface area contributed by atoms with Gasteiger partial charge in [0.2, 0.25) is 0 Å². The van der Waals surface area contributed by atoms with Gasteiger partial charge in [-0.05, 0) is 33.9 Å². The molecular weight excluding hydrogens is 263 g/mol. The van der Waals surface area contributed by atoms with E-state index in [4.69, 9.17) is 4.74 Å². The summed E-state index contributed by atoms with van der Waals surface area (Å²) in [5.41, 5.74) is 1.61. The fourth-order valence-corrected chi connectivity index (χ4v) is 2.34. The van der Waals surface area contributed by atoms with E-state index in [0.29, 0.717) is 12.1 Å². The van der Waals surface area contributed by atoms with Crippen LogP contribution in [0.5, 0.6) is 5.75 Å². The molecule has 3 rings (SSSR count). The SMILES string of the molecule is OB(O)c1cccc2cc(OCc3ccccc3)ccc12. The van der Waals surface area contributed by atoms with Crippen LogP contribution >= 0.6 is 0 Å². The van der Waals surface area contributed by atoms with E-state index in [1.165, 1.54) is 0 Å². The first-order valence-corrected chi connectivity index (χ1v) is 6.79. The molecule has 0 aliphatic carbocycles. The Bertz CT molecular complexity index is 741. The topological polar surface area (TPSA) is 49.7 Å². The zero-order chi connectivity index (χ0) is 14.7. The average Bonchev–Trinajstić information content (AvgIpc) is 2.53. The van der Waals surface area contributed by atoms with Crippen molar-refractivity contribution in [3.05, 3.63) is 72.3 Å². The molecule has 0 bridgehead atoms. The summed E-state index contributed by atoms with van der Waals surface area (Å²) in [6.07, 6.45) is 0. The summed E-state index contributed by atoms with van der Waals surface area (Å²) in [5.74, 6) is 0.760. The summed E-state index contributed by atoms with van der Waals surface area (Å²) in [6, 6.07) is 21.0. The van der Waals surface area contributed by atoms with Crippen molar-refractivity contribution in [2.24, 2.45) is 0 Å². The van der Waals surface area contributed by atoms with Crippen molar-refractivity contribution in [3.8, 4) is 5.75 Å². The summed E-state index contributed by atoms with van der Waals surface area (Å²) in [5, 5.41) is 20.5. The summed E-state index contributed by atoms with van der Waals surface area (Å²) >= 11 is 0. The number of fused-ring (bicyclic) bond motifs is 1. The van der Waals surface area contributed by atoms with Crippen molar-refractivity contribution in [2.75, 3.05) is 0 Å². The van der Waals surface area contributed by atoms with Gasteiger partial charge in [0.1, 0.15) is 12.4 Å².